The van der Waals surface area contributed by atoms with E-state index >= 15 is 0 Å². The Hall–Kier alpha value is -3.81. The molecule has 0 aliphatic carbocycles. The van der Waals surface area contributed by atoms with Gasteiger partial charge in [-0.15, -0.1) is 0 Å². The van der Waals surface area contributed by atoms with Crippen LogP contribution in [0, 0.1) is 0 Å². The highest BCUT2D eigenvalue weighted by Gasteiger charge is 2.43. The smallest absolute Gasteiger partial charge is 0.411 e. The summed E-state index contributed by atoms with van der Waals surface area (Å²) >= 11 is 0. The first kappa shape index (κ1) is 23.4. The summed E-state index contributed by atoms with van der Waals surface area (Å²) in [6, 6.07) is 16.2. The zero-order valence-electron chi connectivity index (χ0n) is 19.6. The first-order valence-corrected chi connectivity index (χ1v) is 11.1. The van der Waals surface area contributed by atoms with Gasteiger partial charge in [0.25, 0.3) is 0 Å². The zero-order valence-corrected chi connectivity index (χ0v) is 19.6. The number of methoxy groups -OCH3 is 1. The number of hydrogen-bond donors (Lipinski definition) is 1. The van der Waals surface area contributed by atoms with Gasteiger partial charge >= 0.3 is 12.1 Å². The third-order valence-corrected chi connectivity index (χ3v) is 5.55. The fourth-order valence-corrected chi connectivity index (χ4v) is 3.96. The van der Waals surface area contributed by atoms with E-state index in [1.807, 2.05) is 54.6 Å². The summed E-state index contributed by atoms with van der Waals surface area (Å²) in [4.78, 5) is 30.4. The molecule has 0 bridgehead atoms. The molecule has 2 atom stereocenters. The molecule has 8 heteroatoms. The molecule has 1 amide bonds. The van der Waals surface area contributed by atoms with E-state index in [0.717, 1.165) is 22.1 Å². The average molecular weight is 465 g/mol. The summed E-state index contributed by atoms with van der Waals surface area (Å²) in [6.45, 7) is 5.32. The van der Waals surface area contributed by atoms with E-state index in [1.165, 1.54) is 4.90 Å². The van der Waals surface area contributed by atoms with Gasteiger partial charge in [-0.1, -0.05) is 18.2 Å². The van der Waals surface area contributed by atoms with Crippen molar-refractivity contribution in [3.05, 3.63) is 54.6 Å². The fraction of sp³-hybridized carbons (Fsp3) is 0.346. The van der Waals surface area contributed by atoms with E-state index in [1.54, 1.807) is 27.9 Å². The highest BCUT2D eigenvalue weighted by atomic mass is 16.6. The average Bonchev–Trinajstić information content (AvgIpc) is 3.22. The molecule has 1 N–H and O–H groups in total. The van der Waals surface area contributed by atoms with Crippen molar-refractivity contribution < 1.29 is 28.9 Å². The molecule has 2 unspecified atom stereocenters. The first-order valence-electron chi connectivity index (χ1n) is 11.1. The lowest BCUT2D eigenvalue weighted by Gasteiger charge is -2.26. The van der Waals surface area contributed by atoms with Crippen molar-refractivity contribution in [3.63, 3.8) is 0 Å². The van der Waals surface area contributed by atoms with Crippen LogP contribution in [0.25, 0.3) is 22.0 Å². The molecule has 1 aliphatic rings. The lowest BCUT2D eigenvalue weighted by atomic mass is 10.1. The number of hydrogen-bond acceptors (Lipinski definition) is 6. The van der Waals surface area contributed by atoms with Crippen molar-refractivity contribution in [3.8, 4) is 22.9 Å². The van der Waals surface area contributed by atoms with Gasteiger partial charge in [-0.25, -0.2) is 14.6 Å². The number of fused-ring (bicyclic) bond motifs is 1. The van der Waals surface area contributed by atoms with Gasteiger partial charge in [-0.3, -0.25) is 4.90 Å². The molecule has 34 heavy (non-hydrogen) atoms. The first-order chi connectivity index (χ1) is 16.1. The molecule has 0 saturated carbocycles. The Balaban J connectivity index is 1.64. The van der Waals surface area contributed by atoms with Crippen molar-refractivity contribution in [2.75, 3.05) is 13.7 Å². The molecule has 1 saturated heterocycles. The number of carboxylic acids is 1. The van der Waals surface area contributed by atoms with Crippen LogP contribution in [0.3, 0.4) is 0 Å². The molecule has 0 spiro atoms. The van der Waals surface area contributed by atoms with Crippen LogP contribution < -0.4 is 9.47 Å². The quantitative estimate of drug-likeness (QED) is 0.582. The van der Waals surface area contributed by atoms with Crippen molar-refractivity contribution in [1.29, 1.82) is 0 Å². The van der Waals surface area contributed by atoms with E-state index in [9.17, 15) is 14.7 Å². The van der Waals surface area contributed by atoms with E-state index in [2.05, 4.69) is 0 Å². The molecule has 178 valence electrons. The molecule has 2 heterocycles. The molecule has 1 aliphatic heterocycles. The Morgan fingerprint density at radius 1 is 1.09 bits per heavy atom. The van der Waals surface area contributed by atoms with Crippen molar-refractivity contribution in [1.82, 2.24) is 9.88 Å². The normalized spacial score (nSPS) is 18.1. The molecular weight excluding hydrogens is 436 g/mol. The molecule has 8 nitrogen and oxygen atoms in total. The van der Waals surface area contributed by atoms with E-state index in [-0.39, 0.29) is 13.0 Å². The Labute approximate surface area is 198 Å². The number of carbonyl (C=O) groups is 2. The number of ether oxygens (including phenoxy) is 3. The van der Waals surface area contributed by atoms with Crippen LogP contribution in [-0.2, 0) is 9.53 Å². The van der Waals surface area contributed by atoms with Crippen LogP contribution >= 0.6 is 0 Å². The van der Waals surface area contributed by atoms with Crippen LogP contribution in [0.5, 0.6) is 11.6 Å². The summed E-state index contributed by atoms with van der Waals surface area (Å²) < 4.78 is 16.9. The molecule has 2 aromatic carbocycles. The fourth-order valence-electron chi connectivity index (χ4n) is 3.96. The second-order valence-electron chi connectivity index (χ2n) is 9.22. The van der Waals surface area contributed by atoms with Gasteiger partial charge in [0.1, 0.15) is 23.5 Å². The maximum Gasteiger partial charge on any atom is 0.411 e. The second-order valence-corrected chi connectivity index (χ2v) is 9.22. The Kier molecular flexibility index (Phi) is 6.32. The summed E-state index contributed by atoms with van der Waals surface area (Å²) in [5, 5.41) is 11.4. The van der Waals surface area contributed by atoms with Gasteiger partial charge in [0.2, 0.25) is 5.88 Å². The van der Waals surface area contributed by atoms with Crippen LogP contribution in [0.15, 0.2) is 54.6 Å². The SMILES string of the molecule is COc1ccc(-c2cc3ccccc3c(OC3CC(C(=O)O)N(C(=O)OC(C)(C)C)C3)n2)cc1. The zero-order chi connectivity index (χ0) is 24.5. The largest absolute Gasteiger partial charge is 0.497 e. The topological polar surface area (TPSA) is 98.2 Å². The number of amides is 1. The van der Waals surface area contributed by atoms with Crippen molar-refractivity contribution >= 4 is 22.8 Å². The molecule has 3 aromatic rings. The predicted molar refractivity (Wildman–Crippen MR) is 127 cm³/mol. The monoisotopic (exact) mass is 464 g/mol. The van der Waals surface area contributed by atoms with Gasteiger partial charge < -0.3 is 19.3 Å². The van der Waals surface area contributed by atoms with E-state index in [0.29, 0.717) is 11.6 Å². The number of benzene rings is 2. The minimum Gasteiger partial charge on any atom is -0.497 e. The van der Waals surface area contributed by atoms with Crippen LogP contribution in [0.2, 0.25) is 0 Å². The van der Waals surface area contributed by atoms with Gasteiger partial charge in [0.15, 0.2) is 0 Å². The molecule has 0 radical (unpaired) electrons. The number of nitrogens with zero attached hydrogens (tertiary/aromatic N) is 2. The van der Waals surface area contributed by atoms with Crippen LogP contribution in [-0.4, -0.2) is 58.5 Å². The standard InChI is InChI=1S/C26H28N2O6/c1-26(2,3)34-25(31)28-15-19(14-22(28)24(29)30)33-23-20-8-6-5-7-17(20)13-21(27-23)16-9-11-18(32-4)12-10-16/h5-13,19,22H,14-15H2,1-4H3,(H,29,30). The van der Waals surface area contributed by atoms with Gasteiger partial charge in [0, 0.05) is 17.4 Å². The lowest BCUT2D eigenvalue weighted by Crippen LogP contribution is -2.43. The number of carboxylic acid groups (broad SMARTS) is 1. The Morgan fingerprint density at radius 3 is 2.44 bits per heavy atom. The lowest BCUT2D eigenvalue weighted by molar-refractivity contribution is -0.142. The molecule has 1 fully saturated rings. The summed E-state index contributed by atoms with van der Waals surface area (Å²) in [7, 11) is 1.61. The number of aromatic nitrogens is 1. The van der Waals surface area contributed by atoms with Gasteiger partial charge in [-0.05, 0) is 62.6 Å². The Morgan fingerprint density at radius 2 is 1.79 bits per heavy atom. The van der Waals surface area contributed by atoms with Crippen molar-refractivity contribution in [2.24, 2.45) is 0 Å². The maximum atomic E-state index is 12.6. The van der Waals surface area contributed by atoms with Crippen LogP contribution in [0.1, 0.15) is 27.2 Å². The number of aliphatic carboxylic acids is 1. The summed E-state index contributed by atoms with van der Waals surface area (Å²) in [6.07, 6.45) is -1.08. The predicted octanol–water partition coefficient (Wildman–Crippen LogP) is 4.75. The second kappa shape index (κ2) is 9.21. The van der Waals surface area contributed by atoms with E-state index < -0.39 is 29.8 Å². The van der Waals surface area contributed by atoms with Crippen molar-refractivity contribution in [2.45, 2.75) is 44.9 Å². The highest BCUT2D eigenvalue weighted by molar-refractivity contribution is 5.90. The van der Waals surface area contributed by atoms with Gasteiger partial charge in [-0.2, -0.15) is 0 Å². The third kappa shape index (κ3) is 5.06. The third-order valence-electron chi connectivity index (χ3n) is 5.55. The highest BCUT2D eigenvalue weighted by Crippen LogP contribution is 2.32. The van der Waals surface area contributed by atoms with Crippen LogP contribution in [0.4, 0.5) is 4.79 Å². The minimum atomic E-state index is -1.10. The number of pyridine rings is 1. The summed E-state index contributed by atoms with van der Waals surface area (Å²) in [5.74, 6) is 0.0415. The molecule has 4 rings (SSSR count). The molecule has 1 aromatic heterocycles. The van der Waals surface area contributed by atoms with E-state index in [4.69, 9.17) is 19.2 Å². The Bertz CT molecular complexity index is 1200. The number of likely N-dealkylation sites (tertiary alicyclic amines) is 1. The minimum absolute atomic E-state index is 0.0919. The number of carbonyl (C=O) groups excluding carboxylic acids is 1. The maximum absolute atomic E-state index is 12.6. The van der Waals surface area contributed by atoms with Gasteiger partial charge in [0.05, 0.1) is 19.3 Å². The summed E-state index contributed by atoms with van der Waals surface area (Å²) in [5.41, 5.74) is 0.874. The molecular formula is C26H28N2O6. The number of rotatable bonds is 5.